The molecule has 82 valence electrons. The summed E-state index contributed by atoms with van der Waals surface area (Å²) < 4.78 is 0. The van der Waals surface area contributed by atoms with Crippen LogP contribution in [-0.4, -0.2) is 35.7 Å². The quantitative estimate of drug-likeness (QED) is 0.795. The SMILES string of the molecule is OCCN(CC(Cl)=CCl)C1CCCC1. The Balaban J connectivity index is 2.44. The Morgan fingerprint density at radius 2 is 2.07 bits per heavy atom. The molecule has 4 heteroatoms. The van der Waals surface area contributed by atoms with Gasteiger partial charge in [0.25, 0.3) is 0 Å². The van der Waals surface area contributed by atoms with Crippen LogP contribution in [0.15, 0.2) is 10.6 Å². The highest BCUT2D eigenvalue weighted by molar-refractivity contribution is 6.36. The lowest BCUT2D eigenvalue weighted by atomic mass is 10.2. The molecule has 2 nitrogen and oxygen atoms in total. The van der Waals surface area contributed by atoms with Gasteiger partial charge in [0.2, 0.25) is 0 Å². The number of hydrogen-bond donors (Lipinski definition) is 1. The Morgan fingerprint density at radius 3 is 2.57 bits per heavy atom. The first kappa shape index (κ1) is 12.3. The molecular weight excluding hydrogens is 221 g/mol. The molecular formula is C10H17Cl2NO. The van der Waals surface area contributed by atoms with E-state index < -0.39 is 0 Å². The summed E-state index contributed by atoms with van der Waals surface area (Å²) in [6.07, 6.45) is 5.00. The monoisotopic (exact) mass is 237 g/mol. The Morgan fingerprint density at radius 1 is 1.43 bits per heavy atom. The van der Waals surface area contributed by atoms with Crippen LogP contribution in [-0.2, 0) is 0 Å². The first-order valence-electron chi connectivity index (χ1n) is 5.07. The third-order valence-electron chi connectivity index (χ3n) is 2.70. The molecule has 0 spiro atoms. The molecule has 0 radical (unpaired) electrons. The molecule has 0 heterocycles. The summed E-state index contributed by atoms with van der Waals surface area (Å²) in [5.41, 5.74) is 1.40. The fourth-order valence-electron chi connectivity index (χ4n) is 2.02. The fraction of sp³-hybridized carbons (Fsp3) is 0.800. The van der Waals surface area contributed by atoms with Crippen molar-refractivity contribution in [3.05, 3.63) is 10.6 Å². The third-order valence-corrected chi connectivity index (χ3v) is 3.30. The van der Waals surface area contributed by atoms with E-state index in [0.29, 0.717) is 24.2 Å². The van der Waals surface area contributed by atoms with Crippen molar-refractivity contribution in [2.75, 3.05) is 19.7 Å². The van der Waals surface area contributed by atoms with Crippen molar-refractivity contribution < 1.29 is 5.11 Å². The zero-order chi connectivity index (χ0) is 10.4. The normalized spacial score (nSPS) is 19.6. The highest BCUT2D eigenvalue weighted by Gasteiger charge is 2.22. The lowest BCUT2D eigenvalue weighted by Gasteiger charge is -2.27. The van der Waals surface area contributed by atoms with Gasteiger partial charge in [-0.1, -0.05) is 36.0 Å². The van der Waals surface area contributed by atoms with Gasteiger partial charge in [0.1, 0.15) is 0 Å². The van der Waals surface area contributed by atoms with E-state index in [9.17, 15) is 0 Å². The van der Waals surface area contributed by atoms with Crippen molar-refractivity contribution in [3.63, 3.8) is 0 Å². The van der Waals surface area contributed by atoms with Crippen molar-refractivity contribution in [3.8, 4) is 0 Å². The van der Waals surface area contributed by atoms with E-state index in [-0.39, 0.29) is 6.61 Å². The van der Waals surface area contributed by atoms with Crippen molar-refractivity contribution in [2.24, 2.45) is 0 Å². The number of aliphatic hydroxyl groups is 1. The number of rotatable bonds is 5. The molecule has 1 N–H and O–H groups in total. The van der Waals surface area contributed by atoms with Crippen molar-refractivity contribution in [1.82, 2.24) is 4.90 Å². The Labute approximate surface area is 95.5 Å². The summed E-state index contributed by atoms with van der Waals surface area (Å²) in [4.78, 5) is 2.22. The van der Waals surface area contributed by atoms with E-state index >= 15 is 0 Å². The van der Waals surface area contributed by atoms with Gasteiger partial charge in [-0.15, -0.1) is 0 Å². The second-order valence-electron chi connectivity index (χ2n) is 3.69. The van der Waals surface area contributed by atoms with Crippen molar-refractivity contribution in [2.45, 2.75) is 31.7 Å². The van der Waals surface area contributed by atoms with E-state index in [4.69, 9.17) is 28.3 Å². The summed E-state index contributed by atoms with van der Waals surface area (Å²) in [7, 11) is 0. The van der Waals surface area contributed by atoms with Crippen molar-refractivity contribution in [1.29, 1.82) is 0 Å². The van der Waals surface area contributed by atoms with Crippen LogP contribution in [0.4, 0.5) is 0 Å². The molecule has 0 bridgehead atoms. The van der Waals surface area contributed by atoms with Gasteiger partial charge in [-0.2, -0.15) is 0 Å². The molecule has 1 aliphatic rings. The molecule has 1 rings (SSSR count). The maximum Gasteiger partial charge on any atom is 0.0558 e. The smallest absolute Gasteiger partial charge is 0.0558 e. The average molecular weight is 238 g/mol. The molecule has 0 unspecified atom stereocenters. The topological polar surface area (TPSA) is 23.5 Å². The Kier molecular flexibility index (Phi) is 5.87. The highest BCUT2D eigenvalue weighted by atomic mass is 35.5. The van der Waals surface area contributed by atoms with Crippen LogP contribution in [0, 0.1) is 0 Å². The van der Waals surface area contributed by atoms with Crippen LogP contribution < -0.4 is 0 Å². The molecule has 1 aliphatic carbocycles. The van der Waals surface area contributed by atoms with Crippen LogP contribution in [0.2, 0.25) is 0 Å². The lowest BCUT2D eigenvalue weighted by molar-refractivity contribution is 0.164. The van der Waals surface area contributed by atoms with Gasteiger partial charge in [-0.25, -0.2) is 0 Å². The predicted molar refractivity (Wildman–Crippen MR) is 60.7 cm³/mol. The average Bonchev–Trinajstić information content (AvgIpc) is 2.69. The summed E-state index contributed by atoms with van der Waals surface area (Å²) >= 11 is 11.4. The molecule has 0 atom stereocenters. The van der Waals surface area contributed by atoms with Crippen LogP contribution in [0.5, 0.6) is 0 Å². The molecule has 0 aromatic rings. The molecule has 1 saturated carbocycles. The number of aliphatic hydroxyl groups excluding tert-OH is 1. The van der Waals surface area contributed by atoms with E-state index in [1.54, 1.807) is 0 Å². The third kappa shape index (κ3) is 3.77. The first-order valence-corrected chi connectivity index (χ1v) is 5.89. The minimum absolute atomic E-state index is 0.183. The van der Waals surface area contributed by atoms with Crippen LogP contribution >= 0.6 is 23.2 Å². The Hall–Kier alpha value is 0.240. The highest BCUT2D eigenvalue weighted by Crippen LogP contribution is 2.24. The predicted octanol–water partition coefficient (Wildman–Crippen LogP) is 2.54. The minimum atomic E-state index is 0.183. The molecule has 0 aromatic heterocycles. The molecule has 0 aliphatic heterocycles. The van der Waals surface area contributed by atoms with Gasteiger partial charge >= 0.3 is 0 Å². The Bertz CT molecular complexity index is 191. The van der Waals surface area contributed by atoms with Gasteiger partial charge < -0.3 is 5.11 Å². The molecule has 0 aromatic carbocycles. The maximum absolute atomic E-state index is 8.95. The van der Waals surface area contributed by atoms with Crippen LogP contribution in [0.1, 0.15) is 25.7 Å². The summed E-state index contributed by atoms with van der Waals surface area (Å²) in [6, 6.07) is 0.576. The van der Waals surface area contributed by atoms with E-state index in [1.165, 1.54) is 31.2 Å². The van der Waals surface area contributed by atoms with Crippen molar-refractivity contribution >= 4 is 23.2 Å². The first-order chi connectivity index (χ1) is 6.77. The maximum atomic E-state index is 8.95. The molecule has 0 saturated heterocycles. The summed E-state index contributed by atoms with van der Waals surface area (Å²) in [5.74, 6) is 0. The van der Waals surface area contributed by atoms with E-state index in [0.717, 1.165) is 0 Å². The van der Waals surface area contributed by atoms with Crippen LogP contribution in [0.25, 0.3) is 0 Å². The fourth-order valence-corrected chi connectivity index (χ4v) is 2.24. The second-order valence-corrected chi connectivity index (χ2v) is 4.39. The number of nitrogens with zero attached hydrogens (tertiary/aromatic N) is 1. The van der Waals surface area contributed by atoms with Gasteiger partial charge in [0.15, 0.2) is 0 Å². The minimum Gasteiger partial charge on any atom is -0.395 e. The molecule has 14 heavy (non-hydrogen) atoms. The van der Waals surface area contributed by atoms with Gasteiger partial charge in [0.05, 0.1) is 6.61 Å². The zero-order valence-electron chi connectivity index (χ0n) is 8.25. The second kappa shape index (κ2) is 6.67. The van der Waals surface area contributed by atoms with Crippen LogP contribution in [0.3, 0.4) is 0 Å². The van der Waals surface area contributed by atoms with E-state index in [1.807, 2.05) is 0 Å². The summed E-state index contributed by atoms with van der Waals surface area (Å²) in [6.45, 7) is 1.53. The van der Waals surface area contributed by atoms with E-state index in [2.05, 4.69) is 4.90 Å². The zero-order valence-corrected chi connectivity index (χ0v) is 9.77. The molecule has 0 amide bonds. The summed E-state index contributed by atoms with van der Waals surface area (Å²) in [5, 5.41) is 9.59. The van der Waals surface area contributed by atoms with Gasteiger partial charge in [-0.05, 0) is 12.8 Å². The number of halogens is 2. The van der Waals surface area contributed by atoms with Gasteiger partial charge in [0, 0.05) is 29.7 Å². The standard InChI is InChI=1S/C10H17Cl2NO/c11-7-9(12)8-13(5-6-14)10-3-1-2-4-10/h7,10,14H,1-6,8H2. The number of hydrogen-bond acceptors (Lipinski definition) is 2. The largest absolute Gasteiger partial charge is 0.395 e. The van der Waals surface area contributed by atoms with Gasteiger partial charge in [-0.3, -0.25) is 4.90 Å². The lowest BCUT2D eigenvalue weighted by Crippen LogP contribution is -2.36. The molecule has 1 fully saturated rings.